The van der Waals surface area contributed by atoms with Gasteiger partial charge in [-0.05, 0) is 37.5 Å². The van der Waals surface area contributed by atoms with Crippen LogP contribution in [-0.4, -0.2) is 13.1 Å². The highest BCUT2D eigenvalue weighted by Crippen LogP contribution is 2.38. The second-order valence-corrected chi connectivity index (χ2v) is 4.81. The van der Waals surface area contributed by atoms with Gasteiger partial charge >= 0.3 is 12.4 Å². The predicted octanol–water partition coefficient (Wildman–Crippen LogP) is 4.71. The molecule has 0 spiro atoms. The van der Waals surface area contributed by atoms with Crippen LogP contribution in [0.15, 0.2) is 18.2 Å². The number of benzene rings is 1. The number of hydrogen-bond acceptors (Lipinski definition) is 1. The average Bonchev–Trinajstić information content (AvgIpc) is 2.37. The van der Waals surface area contributed by atoms with Crippen molar-refractivity contribution >= 4 is 5.69 Å². The first-order chi connectivity index (χ1) is 9.18. The standard InChI is InChI=1S/C13H13F6N/c14-12(15,16)9-6-10(13(17,18)19)8-11(7-9)20-4-2-1-3-5-20/h6-8H,1-5H2. The van der Waals surface area contributed by atoms with Gasteiger partial charge in [0.15, 0.2) is 0 Å². The van der Waals surface area contributed by atoms with Crippen molar-refractivity contribution in [2.24, 2.45) is 0 Å². The van der Waals surface area contributed by atoms with Crippen LogP contribution in [0.4, 0.5) is 32.0 Å². The van der Waals surface area contributed by atoms with E-state index in [1.54, 1.807) is 4.90 Å². The molecule has 0 saturated carbocycles. The molecule has 7 heteroatoms. The molecule has 2 rings (SSSR count). The summed E-state index contributed by atoms with van der Waals surface area (Å²) in [6.45, 7) is 0.969. The van der Waals surface area contributed by atoms with Crippen molar-refractivity contribution < 1.29 is 26.3 Å². The fourth-order valence-corrected chi connectivity index (χ4v) is 2.27. The first kappa shape index (κ1) is 15.0. The van der Waals surface area contributed by atoms with Gasteiger partial charge < -0.3 is 4.90 Å². The minimum atomic E-state index is -4.79. The molecule has 1 aromatic rings. The Morgan fingerprint density at radius 1 is 0.700 bits per heavy atom. The van der Waals surface area contributed by atoms with Gasteiger partial charge in [0.1, 0.15) is 0 Å². The largest absolute Gasteiger partial charge is 0.416 e. The number of nitrogens with zero attached hydrogens (tertiary/aromatic N) is 1. The molecule has 0 aromatic heterocycles. The summed E-state index contributed by atoms with van der Waals surface area (Å²) in [7, 11) is 0. The molecule has 0 unspecified atom stereocenters. The summed E-state index contributed by atoms with van der Waals surface area (Å²) in [5.41, 5.74) is -2.52. The van der Waals surface area contributed by atoms with Crippen LogP contribution in [0.5, 0.6) is 0 Å². The molecule has 0 atom stereocenters. The van der Waals surface area contributed by atoms with Gasteiger partial charge in [0, 0.05) is 18.8 Å². The lowest BCUT2D eigenvalue weighted by Crippen LogP contribution is -2.30. The molecule has 0 N–H and O–H groups in total. The normalized spacial score (nSPS) is 17.4. The van der Waals surface area contributed by atoms with E-state index in [1.165, 1.54) is 0 Å². The fourth-order valence-electron chi connectivity index (χ4n) is 2.27. The Balaban J connectivity index is 2.45. The van der Waals surface area contributed by atoms with E-state index in [0.717, 1.165) is 31.4 Å². The lowest BCUT2D eigenvalue weighted by Gasteiger charge is -2.30. The van der Waals surface area contributed by atoms with Crippen LogP contribution in [0.25, 0.3) is 0 Å². The van der Waals surface area contributed by atoms with E-state index in [-0.39, 0.29) is 11.8 Å². The Morgan fingerprint density at radius 3 is 1.55 bits per heavy atom. The Hall–Kier alpha value is -1.40. The maximum absolute atomic E-state index is 12.7. The van der Waals surface area contributed by atoms with Gasteiger partial charge in [-0.1, -0.05) is 0 Å². The quantitative estimate of drug-likeness (QED) is 0.678. The van der Waals surface area contributed by atoms with Gasteiger partial charge in [-0.15, -0.1) is 0 Å². The molecule has 1 aliphatic heterocycles. The topological polar surface area (TPSA) is 3.24 Å². The average molecular weight is 297 g/mol. The maximum Gasteiger partial charge on any atom is 0.416 e. The zero-order chi connectivity index (χ0) is 15.0. The number of halogens is 6. The summed E-state index contributed by atoms with van der Waals surface area (Å²) < 4.78 is 76.3. The number of alkyl halides is 6. The van der Waals surface area contributed by atoms with Crippen molar-refractivity contribution in [2.45, 2.75) is 31.6 Å². The SMILES string of the molecule is FC(F)(F)c1cc(N2CCCCC2)cc(C(F)(F)F)c1. The van der Waals surface area contributed by atoms with Crippen molar-refractivity contribution in [1.82, 2.24) is 0 Å². The number of anilines is 1. The molecule has 0 amide bonds. The third kappa shape index (κ3) is 3.37. The lowest BCUT2D eigenvalue weighted by molar-refractivity contribution is -0.143. The van der Waals surface area contributed by atoms with E-state index in [9.17, 15) is 26.3 Å². The zero-order valence-corrected chi connectivity index (χ0v) is 10.5. The molecule has 1 saturated heterocycles. The van der Waals surface area contributed by atoms with Crippen LogP contribution < -0.4 is 4.90 Å². The van der Waals surface area contributed by atoms with Gasteiger partial charge in [0.2, 0.25) is 0 Å². The third-order valence-corrected chi connectivity index (χ3v) is 3.29. The minimum absolute atomic E-state index is 0.00755. The van der Waals surface area contributed by atoms with Crippen molar-refractivity contribution in [3.8, 4) is 0 Å². The van der Waals surface area contributed by atoms with Gasteiger partial charge in [-0.25, -0.2) is 0 Å². The van der Waals surface area contributed by atoms with E-state index in [0.29, 0.717) is 13.1 Å². The van der Waals surface area contributed by atoms with Crippen LogP contribution in [0.3, 0.4) is 0 Å². The highest BCUT2D eigenvalue weighted by molar-refractivity contribution is 5.53. The van der Waals surface area contributed by atoms with E-state index in [1.807, 2.05) is 0 Å². The summed E-state index contributed by atoms with van der Waals surface area (Å²) in [5.74, 6) is 0. The molecule has 0 radical (unpaired) electrons. The molecule has 1 heterocycles. The van der Waals surface area contributed by atoms with Crippen molar-refractivity contribution in [3.63, 3.8) is 0 Å². The summed E-state index contributed by atoms with van der Waals surface area (Å²) in [4.78, 5) is 1.58. The minimum Gasteiger partial charge on any atom is -0.372 e. The van der Waals surface area contributed by atoms with Crippen LogP contribution in [0.2, 0.25) is 0 Å². The number of piperidine rings is 1. The highest BCUT2D eigenvalue weighted by atomic mass is 19.4. The Morgan fingerprint density at radius 2 is 1.15 bits per heavy atom. The molecule has 1 aliphatic rings. The Bertz CT molecular complexity index is 438. The van der Waals surface area contributed by atoms with Crippen molar-refractivity contribution in [2.75, 3.05) is 18.0 Å². The van der Waals surface area contributed by atoms with Crippen LogP contribution in [0.1, 0.15) is 30.4 Å². The summed E-state index contributed by atoms with van der Waals surface area (Å²) in [6.07, 6.45) is -7.08. The van der Waals surface area contributed by atoms with Gasteiger partial charge in [0.05, 0.1) is 11.1 Å². The lowest BCUT2D eigenvalue weighted by atomic mass is 10.1. The number of rotatable bonds is 1. The second kappa shape index (κ2) is 5.18. The van der Waals surface area contributed by atoms with Crippen LogP contribution in [0, 0.1) is 0 Å². The first-order valence-electron chi connectivity index (χ1n) is 6.22. The van der Waals surface area contributed by atoms with Crippen molar-refractivity contribution in [3.05, 3.63) is 29.3 Å². The summed E-state index contributed by atoms with van der Waals surface area (Å²) >= 11 is 0. The molecule has 1 fully saturated rings. The molecular weight excluding hydrogens is 284 g/mol. The van der Waals surface area contributed by atoms with Crippen LogP contribution in [-0.2, 0) is 12.4 Å². The third-order valence-electron chi connectivity index (χ3n) is 3.29. The highest BCUT2D eigenvalue weighted by Gasteiger charge is 2.37. The Kier molecular flexibility index (Phi) is 3.88. The molecule has 1 aromatic carbocycles. The molecule has 0 aliphatic carbocycles. The first-order valence-corrected chi connectivity index (χ1v) is 6.22. The fraction of sp³-hybridized carbons (Fsp3) is 0.538. The maximum atomic E-state index is 12.7. The second-order valence-electron chi connectivity index (χ2n) is 4.81. The van der Waals surface area contributed by atoms with Crippen molar-refractivity contribution in [1.29, 1.82) is 0 Å². The van der Waals surface area contributed by atoms with Crippen LogP contribution >= 0.6 is 0 Å². The zero-order valence-electron chi connectivity index (χ0n) is 10.5. The van der Waals surface area contributed by atoms with E-state index >= 15 is 0 Å². The van der Waals surface area contributed by atoms with E-state index in [2.05, 4.69) is 0 Å². The van der Waals surface area contributed by atoms with Gasteiger partial charge in [-0.2, -0.15) is 26.3 Å². The molecule has 20 heavy (non-hydrogen) atoms. The smallest absolute Gasteiger partial charge is 0.372 e. The predicted molar refractivity (Wildman–Crippen MR) is 62.5 cm³/mol. The van der Waals surface area contributed by atoms with Gasteiger partial charge in [-0.3, -0.25) is 0 Å². The molecular formula is C13H13F6N. The Labute approximate surface area is 112 Å². The number of hydrogen-bond donors (Lipinski definition) is 0. The molecule has 1 nitrogen and oxygen atoms in total. The van der Waals surface area contributed by atoms with Gasteiger partial charge in [0.25, 0.3) is 0 Å². The summed E-state index contributed by atoms with van der Waals surface area (Å²) in [6, 6.07) is 1.74. The van der Waals surface area contributed by atoms with E-state index in [4.69, 9.17) is 0 Å². The van der Waals surface area contributed by atoms with E-state index < -0.39 is 23.5 Å². The summed E-state index contributed by atoms with van der Waals surface area (Å²) in [5, 5.41) is 0. The monoisotopic (exact) mass is 297 g/mol. The molecule has 112 valence electrons. The molecule has 0 bridgehead atoms.